The number of aliphatic hydroxyl groups excluding tert-OH is 1. The maximum absolute atomic E-state index is 11.2. The first-order valence-electron chi connectivity index (χ1n) is 5.74. The van der Waals surface area contributed by atoms with E-state index in [2.05, 4.69) is 4.74 Å². The van der Waals surface area contributed by atoms with Crippen LogP contribution in [0.15, 0.2) is 30.3 Å². The molecule has 0 saturated carbocycles. The topological polar surface area (TPSA) is 72.8 Å². The van der Waals surface area contributed by atoms with Crippen LogP contribution in [-0.2, 0) is 14.3 Å². The summed E-state index contributed by atoms with van der Waals surface area (Å²) in [6.07, 6.45) is 0.875. The Morgan fingerprint density at radius 3 is 2.26 bits per heavy atom. The molecular weight excluding hydrogens is 248 g/mol. The first-order chi connectivity index (χ1) is 8.93. The molecule has 1 N–H and O–H groups in total. The van der Waals surface area contributed by atoms with Gasteiger partial charge in [0.15, 0.2) is 0 Å². The van der Waals surface area contributed by atoms with E-state index in [9.17, 15) is 14.7 Å². The molecule has 0 aliphatic carbocycles. The highest BCUT2D eigenvalue weighted by Crippen LogP contribution is 2.18. The second-order valence-corrected chi connectivity index (χ2v) is 4.08. The van der Waals surface area contributed by atoms with Crippen molar-refractivity contribution in [2.45, 2.75) is 20.0 Å². The van der Waals surface area contributed by atoms with Gasteiger partial charge < -0.3 is 14.6 Å². The first-order valence-corrected chi connectivity index (χ1v) is 5.74. The summed E-state index contributed by atoms with van der Waals surface area (Å²) >= 11 is 0. The Morgan fingerprint density at radius 2 is 1.79 bits per heavy atom. The molecule has 0 atom stereocenters. The molecule has 0 saturated heterocycles. The number of methoxy groups -OCH3 is 1. The van der Waals surface area contributed by atoms with Crippen molar-refractivity contribution >= 4 is 17.5 Å². The van der Waals surface area contributed by atoms with E-state index in [1.165, 1.54) is 0 Å². The van der Waals surface area contributed by atoms with Crippen LogP contribution < -0.4 is 4.74 Å². The zero-order chi connectivity index (χ0) is 14.4. The summed E-state index contributed by atoms with van der Waals surface area (Å²) in [6.45, 7) is 3.81. The summed E-state index contributed by atoms with van der Waals surface area (Å²) in [7, 11) is 1.10. The molecule has 0 spiro atoms. The molecule has 19 heavy (non-hydrogen) atoms. The number of carbonyl (C=O) groups excluding carboxylic acids is 2. The smallest absolute Gasteiger partial charge is 0.378 e. The molecule has 1 rings (SSSR count). The van der Waals surface area contributed by atoms with E-state index in [4.69, 9.17) is 4.74 Å². The lowest BCUT2D eigenvalue weighted by Gasteiger charge is -2.09. The van der Waals surface area contributed by atoms with Gasteiger partial charge in [0, 0.05) is 11.6 Å². The third-order valence-corrected chi connectivity index (χ3v) is 2.18. The van der Waals surface area contributed by atoms with E-state index in [-0.39, 0.29) is 11.9 Å². The Hall–Kier alpha value is -2.30. The van der Waals surface area contributed by atoms with Gasteiger partial charge in [-0.25, -0.2) is 4.79 Å². The van der Waals surface area contributed by atoms with Gasteiger partial charge in [0.05, 0.1) is 13.2 Å². The fraction of sp³-hybridized carbons (Fsp3) is 0.286. The number of rotatable bonds is 5. The van der Waals surface area contributed by atoms with Crippen LogP contribution in [0.2, 0.25) is 0 Å². The van der Waals surface area contributed by atoms with E-state index < -0.39 is 11.8 Å². The molecule has 5 nitrogen and oxygen atoms in total. The van der Waals surface area contributed by atoms with Gasteiger partial charge in [0.2, 0.25) is 0 Å². The molecule has 0 aliphatic rings. The van der Waals surface area contributed by atoms with Crippen LogP contribution in [0.3, 0.4) is 0 Å². The summed E-state index contributed by atoms with van der Waals surface area (Å²) in [4.78, 5) is 22.1. The average Bonchev–Trinajstić information content (AvgIpc) is 2.37. The van der Waals surface area contributed by atoms with Crippen LogP contribution >= 0.6 is 0 Å². The Labute approximate surface area is 111 Å². The van der Waals surface area contributed by atoms with Crippen molar-refractivity contribution in [3.8, 4) is 5.75 Å². The van der Waals surface area contributed by atoms with Gasteiger partial charge >= 0.3 is 5.97 Å². The fourth-order valence-electron chi connectivity index (χ4n) is 1.34. The Balaban J connectivity index is 2.83. The summed E-state index contributed by atoms with van der Waals surface area (Å²) in [6, 6.07) is 6.52. The Bertz CT molecular complexity index is 485. The molecule has 5 heteroatoms. The minimum Gasteiger partial charge on any atom is -0.507 e. The predicted molar refractivity (Wildman–Crippen MR) is 69.8 cm³/mol. The largest absolute Gasteiger partial charge is 0.507 e. The van der Waals surface area contributed by atoms with Crippen LogP contribution in [0.5, 0.6) is 5.75 Å². The van der Waals surface area contributed by atoms with Crippen molar-refractivity contribution in [3.05, 3.63) is 35.9 Å². The predicted octanol–water partition coefficient (Wildman–Crippen LogP) is 2.11. The summed E-state index contributed by atoms with van der Waals surface area (Å²) in [5, 5.41) is 9.70. The second kappa shape index (κ2) is 6.58. The SMILES string of the molecule is COC(=O)C(=O)/C=C(\O)c1ccc(OC(C)C)cc1. The lowest BCUT2D eigenvalue weighted by molar-refractivity contribution is -0.149. The molecule has 0 aliphatic heterocycles. The molecule has 0 heterocycles. The molecule has 0 bridgehead atoms. The fourth-order valence-corrected chi connectivity index (χ4v) is 1.34. The molecule has 0 fully saturated rings. The van der Waals surface area contributed by atoms with Crippen molar-refractivity contribution < 1.29 is 24.2 Å². The average molecular weight is 264 g/mol. The standard InChI is InChI=1S/C14H16O5/c1-9(2)19-11-6-4-10(5-7-11)12(15)8-13(16)14(17)18-3/h4-9,15H,1-3H3/b12-8-. The van der Waals surface area contributed by atoms with Gasteiger partial charge in [-0.1, -0.05) is 0 Å². The quantitative estimate of drug-likeness (QED) is 0.381. The van der Waals surface area contributed by atoms with Crippen LogP contribution in [0.1, 0.15) is 19.4 Å². The van der Waals surface area contributed by atoms with E-state index in [1.54, 1.807) is 24.3 Å². The number of hydrogen-bond donors (Lipinski definition) is 1. The molecule has 0 unspecified atom stereocenters. The highest BCUT2D eigenvalue weighted by Gasteiger charge is 2.12. The maximum atomic E-state index is 11.2. The second-order valence-electron chi connectivity index (χ2n) is 4.08. The highest BCUT2D eigenvalue weighted by molar-refractivity contribution is 6.39. The number of aliphatic hydroxyl groups is 1. The van der Waals surface area contributed by atoms with Crippen molar-refractivity contribution in [1.82, 2.24) is 0 Å². The minimum atomic E-state index is -1.02. The third kappa shape index (κ3) is 4.46. The molecule has 0 radical (unpaired) electrons. The van der Waals surface area contributed by atoms with Crippen molar-refractivity contribution in [2.24, 2.45) is 0 Å². The number of ether oxygens (including phenoxy) is 2. The van der Waals surface area contributed by atoms with Gasteiger partial charge in [-0.3, -0.25) is 4.79 Å². The molecular formula is C14H16O5. The van der Waals surface area contributed by atoms with Crippen molar-refractivity contribution in [3.63, 3.8) is 0 Å². The number of esters is 1. The summed E-state index contributed by atoms with van der Waals surface area (Å²) < 4.78 is 9.69. The van der Waals surface area contributed by atoms with E-state index >= 15 is 0 Å². The maximum Gasteiger partial charge on any atom is 0.378 e. The highest BCUT2D eigenvalue weighted by atomic mass is 16.5. The molecule has 0 amide bonds. The van der Waals surface area contributed by atoms with Gasteiger partial charge in [-0.05, 0) is 38.1 Å². The van der Waals surface area contributed by atoms with Gasteiger partial charge in [0.25, 0.3) is 5.78 Å². The monoisotopic (exact) mass is 264 g/mol. The minimum absolute atomic E-state index is 0.0518. The lowest BCUT2D eigenvalue weighted by atomic mass is 10.1. The Kier molecular flexibility index (Phi) is 5.11. The van der Waals surface area contributed by atoms with E-state index in [0.717, 1.165) is 13.2 Å². The number of ketones is 1. The van der Waals surface area contributed by atoms with Crippen LogP contribution in [0, 0.1) is 0 Å². The molecule has 0 aromatic heterocycles. The number of carbonyl (C=O) groups is 2. The number of hydrogen-bond acceptors (Lipinski definition) is 5. The van der Waals surface area contributed by atoms with Crippen LogP contribution in [-0.4, -0.2) is 30.1 Å². The van der Waals surface area contributed by atoms with E-state index in [0.29, 0.717) is 11.3 Å². The lowest BCUT2D eigenvalue weighted by Crippen LogP contribution is -2.13. The molecule has 1 aromatic rings. The van der Waals surface area contributed by atoms with Gasteiger partial charge in [-0.15, -0.1) is 0 Å². The Morgan fingerprint density at radius 1 is 1.21 bits per heavy atom. The first kappa shape index (κ1) is 14.8. The number of benzene rings is 1. The zero-order valence-corrected chi connectivity index (χ0v) is 11.0. The van der Waals surface area contributed by atoms with Gasteiger partial charge in [0.1, 0.15) is 11.5 Å². The van der Waals surface area contributed by atoms with Crippen LogP contribution in [0.25, 0.3) is 5.76 Å². The van der Waals surface area contributed by atoms with Crippen molar-refractivity contribution in [2.75, 3.05) is 7.11 Å². The third-order valence-electron chi connectivity index (χ3n) is 2.18. The van der Waals surface area contributed by atoms with E-state index in [1.807, 2.05) is 13.8 Å². The van der Waals surface area contributed by atoms with Crippen LogP contribution in [0.4, 0.5) is 0 Å². The van der Waals surface area contributed by atoms with Gasteiger partial charge in [-0.2, -0.15) is 0 Å². The molecule has 1 aromatic carbocycles. The molecule has 102 valence electrons. The normalized spacial score (nSPS) is 11.3. The summed E-state index contributed by atoms with van der Waals surface area (Å²) in [5.74, 6) is -1.58. The summed E-state index contributed by atoms with van der Waals surface area (Å²) in [5.41, 5.74) is 0.411. The zero-order valence-electron chi connectivity index (χ0n) is 11.0. The van der Waals surface area contributed by atoms with Crippen molar-refractivity contribution in [1.29, 1.82) is 0 Å².